The Balaban J connectivity index is 1.77. The minimum Gasteiger partial charge on any atom is -0.462 e. The number of carbonyl (C=O) groups excluding carboxylic acids is 3. The Morgan fingerprint density at radius 1 is 1.10 bits per heavy atom. The lowest BCUT2D eigenvalue weighted by Crippen LogP contribution is -2.45. The molecule has 2 aliphatic heterocycles. The average Bonchev–Trinajstić information content (AvgIpc) is 3.33. The first-order valence-corrected chi connectivity index (χ1v) is 10.6. The van der Waals surface area contributed by atoms with Gasteiger partial charge in [-0.25, -0.2) is 0 Å². The van der Waals surface area contributed by atoms with Gasteiger partial charge in [-0.3, -0.25) is 14.4 Å². The van der Waals surface area contributed by atoms with E-state index in [1.54, 1.807) is 0 Å². The summed E-state index contributed by atoms with van der Waals surface area (Å²) in [5.74, 6) is -1.13. The first-order chi connectivity index (χ1) is 14.1. The fourth-order valence-corrected chi connectivity index (χ4v) is 4.38. The summed E-state index contributed by atoms with van der Waals surface area (Å²) in [5, 5.41) is 0. The Kier molecular flexibility index (Phi) is 6.75. The number of hydrogen-bond donors (Lipinski definition) is 0. The van der Waals surface area contributed by atoms with E-state index < -0.39 is 24.0 Å². The van der Waals surface area contributed by atoms with Crippen LogP contribution in [0.1, 0.15) is 53.9 Å². The molecule has 1 aliphatic carbocycles. The second-order valence-corrected chi connectivity index (χ2v) is 9.25. The number of hydrogen-bond acceptors (Lipinski definition) is 8. The molecule has 8 nitrogen and oxygen atoms in total. The van der Waals surface area contributed by atoms with Gasteiger partial charge in [0, 0.05) is 31.3 Å². The zero-order valence-corrected chi connectivity index (χ0v) is 18.3. The van der Waals surface area contributed by atoms with Crippen LogP contribution >= 0.6 is 0 Å². The van der Waals surface area contributed by atoms with E-state index in [0.29, 0.717) is 19.4 Å². The summed E-state index contributed by atoms with van der Waals surface area (Å²) in [6.07, 6.45) is 1.33. The monoisotopic (exact) mass is 424 g/mol. The molecule has 0 N–H and O–H groups in total. The predicted octanol–water partition coefficient (Wildman–Crippen LogP) is 2.74. The van der Waals surface area contributed by atoms with Crippen molar-refractivity contribution in [2.24, 2.45) is 23.7 Å². The van der Waals surface area contributed by atoms with Crippen molar-refractivity contribution in [3.05, 3.63) is 11.8 Å². The van der Waals surface area contributed by atoms with Gasteiger partial charge < -0.3 is 23.7 Å². The molecule has 0 amide bonds. The topological polar surface area (TPSA) is 101 Å². The van der Waals surface area contributed by atoms with E-state index >= 15 is 0 Å². The van der Waals surface area contributed by atoms with Gasteiger partial charge in [0.2, 0.25) is 6.29 Å². The lowest BCUT2D eigenvalue weighted by atomic mass is 9.83. The van der Waals surface area contributed by atoms with Crippen molar-refractivity contribution in [1.29, 1.82) is 0 Å². The summed E-state index contributed by atoms with van der Waals surface area (Å²) in [6.45, 7) is 9.62. The molecule has 1 spiro atoms. The van der Waals surface area contributed by atoms with Crippen LogP contribution in [-0.2, 0) is 38.1 Å². The van der Waals surface area contributed by atoms with E-state index in [1.165, 1.54) is 13.2 Å². The molecular formula is C22H32O8. The summed E-state index contributed by atoms with van der Waals surface area (Å²) < 4.78 is 28.2. The Hall–Kier alpha value is -2.09. The summed E-state index contributed by atoms with van der Waals surface area (Å²) >= 11 is 0. The van der Waals surface area contributed by atoms with Gasteiger partial charge in [-0.2, -0.15) is 0 Å². The van der Waals surface area contributed by atoms with Gasteiger partial charge in [0.1, 0.15) is 18.3 Å². The van der Waals surface area contributed by atoms with Crippen molar-refractivity contribution in [1.82, 2.24) is 0 Å². The maximum absolute atomic E-state index is 12.3. The van der Waals surface area contributed by atoms with Crippen molar-refractivity contribution in [2.45, 2.75) is 71.9 Å². The first kappa shape index (κ1) is 22.6. The van der Waals surface area contributed by atoms with E-state index in [2.05, 4.69) is 0 Å². The fraction of sp³-hybridized carbons (Fsp3) is 0.773. The third kappa shape index (κ3) is 4.96. The van der Waals surface area contributed by atoms with Gasteiger partial charge in [-0.15, -0.1) is 0 Å². The van der Waals surface area contributed by atoms with Crippen molar-refractivity contribution in [3.63, 3.8) is 0 Å². The molecule has 0 aromatic heterocycles. The summed E-state index contributed by atoms with van der Waals surface area (Å²) in [4.78, 5) is 35.9. The molecule has 0 radical (unpaired) electrons. The van der Waals surface area contributed by atoms with E-state index in [4.69, 9.17) is 23.7 Å². The largest absolute Gasteiger partial charge is 0.462 e. The molecule has 3 aliphatic rings. The predicted molar refractivity (Wildman–Crippen MR) is 105 cm³/mol. The highest BCUT2D eigenvalue weighted by Crippen LogP contribution is 2.57. The van der Waals surface area contributed by atoms with E-state index in [9.17, 15) is 14.4 Å². The summed E-state index contributed by atoms with van der Waals surface area (Å²) in [6, 6.07) is 0. The average molecular weight is 424 g/mol. The normalized spacial score (nSPS) is 31.8. The van der Waals surface area contributed by atoms with Crippen LogP contribution in [-0.4, -0.2) is 49.1 Å². The van der Waals surface area contributed by atoms with E-state index in [0.717, 1.165) is 5.57 Å². The Bertz CT molecular complexity index is 706. The molecule has 168 valence electrons. The highest BCUT2D eigenvalue weighted by Gasteiger charge is 2.70. The smallest absolute Gasteiger partial charge is 0.309 e. The zero-order valence-electron chi connectivity index (χ0n) is 18.3. The minimum atomic E-state index is -0.834. The van der Waals surface area contributed by atoms with Crippen LogP contribution in [0.15, 0.2) is 11.8 Å². The van der Waals surface area contributed by atoms with Crippen molar-refractivity contribution >= 4 is 17.9 Å². The molecule has 30 heavy (non-hydrogen) atoms. The van der Waals surface area contributed by atoms with E-state index in [-0.39, 0.29) is 48.6 Å². The van der Waals surface area contributed by atoms with Crippen LogP contribution in [0.5, 0.6) is 0 Å². The SMILES string of the molecule is CC(=O)O[C@@H]1C[C@H]2C(COC(=O)CC(C)C)=CO[C@H](OC(=O)CC(C)C)[C@H]2[C@@]12CO2. The quantitative estimate of drug-likeness (QED) is 0.333. The fourth-order valence-electron chi connectivity index (χ4n) is 4.38. The maximum Gasteiger partial charge on any atom is 0.309 e. The Morgan fingerprint density at radius 3 is 2.30 bits per heavy atom. The van der Waals surface area contributed by atoms with Crippen LogP contribution < -0.4 is 0 Å². The molecule has 2 fully saturated rings. The third-order valence-corrected chi connectivity index (χ3v) is 5.72. The van der Waals surface area contributed by atoms with Gasteiger partial charge in [0.05, 0.1) is 18.8 Å². The molecule has 0 bridgehead atoms. The number of fused-ring (bicyclic) bond motifs is 2. The highest BCUT2D eigenvalue weighted by molar-refractivity contribution is 5.70. The number of rotatable bonds is 8. The van der Waals surface area contributed by atoms with Crippen LogP contribution in [0, 0.1) is 23.7 Å². The van der Waals surface area contributed by atoms with Crippen LogP contribution in [0.2, 0.25) is 0 Å². The summed E-state index contributed by atoms with van der Waals surface area (Å²) in [7, 11) is 0. The first-order valence-electron chi connectivity index (χ1n) is 10.6. The zero-order chi connectivity index (χ0) is 22.1. The Labute approximate surface area is 177 Å². The molecule has 3 rings (SSSR count). The maximum atomic E-state index is 12.3. The van der Waals surface area contributed by atoms with Crippen LogP contribution in [0.25, 0.3) is 0 Å². The highest BCUT2D eigenvalue weighted by atomic mass is 16.7. The molecule has 2 heterocycles. The molecule has 0 aromatic rings. The number of carbonyl (C=O) groups is 3. The molecular weight excluding hydrogens is 392 g/mol. The molecule has 8 heteroatoms. The van der Waals surface area contributed by atoms with Gasteiger partial charge >= 0.3 is 17.9 Å². The number of esters is 3. The Morgan fingerprint density at radius 2 is 1.73 bits per heavy atom. The van der Waals surface area contributed by atoms with E-state index in [1.807, 2.05) is 27.7 Å². The second kappa shape index (κ2) is 8.96. The van der Waals surface area contributed by atoms with Crippen molar-refractivity contribution in [3.8, 4) is 0 Å². The standard InChI is InChI=1S/C22H32O8/c1-12(2)6-18(24)26-9-15-10-27-21(30-19(25)7-13(3)4)20-16(15)8-17(29-14(5)23)22(20)11-28-22/h10,12-13,16-17,20-21H,6-9,11H2,1-5H3/t16-,17+,20-,21+,22+/m0/s1. The lowest BCUT2D eigenvalue weighted by molar-refractivity contribution is -0.192. The molecule has 1 saturated heterocycles. The van der Waals surface area contributed by atoms with Crippen molar-refractivity contribution < 1.29 is 38.1 Å². The molecule has 0 aromatic carbocycles. The molecule has 0 unspecified atom stereocenters. The van der Waals surface area contributed by atoms with Gasteiger partial charge in [0.15, 0.2) is 0 Å². The number of ether oxygens (including phenoxy) is 5. The third-order valence-electron chi connectivity index (χ3n) is 5.72. The van der Waals surface area contributed by atoms with Crippen molar-refractivity contribution in [2.75, 3.05) is 13.2 Å². The van der Waals surface area contributed by atoms with Gasteiger partial charge in [0.25, 0.3) is 0 Å². The van der Waals surface area contributed by atoms with Gasteiger partial charge in [-0.1, -0.05) is 27.7 Å². The van der Waals surface area contributed by atoms with Crippen LogP contribution in [0.3, 0.4) is 0 Å². The molecule has 5 atom stereocenters. The number of epoxide rings is 1. The van der Waals surface area contributed by atoms with Gasteiger partial charge in [-0.05, 0) is 18.3 Å². The lowest BCUT2D eigenvalue weighted by Gasteiger charge is -2.35. The molecule has 1 saturated carbocycles. The summed E-state index contributed by atoms with van der Waals surface area (Å²) in [5.41, 5.74) is 0.0402. The van der Waals surface area contributed by atoms with Crippen LogP contribution in [0.4, 0.5) is 0 Å². The second-order valence-electron chi connectivity index (χ2n) is 9.25. The minimum absolute atomic E-state index is 0.0856.